The van der Waals surface area contributed by atoms with Crippen molar-refractivity contribution in [3.05, 3.63) is 23.8 Å². The number of fused-ring (bicyclic) bond motifs is 2. The topological polar surface area (TPSA) is 64.1 Å². The van der Waals surface area contributed by atoms with E-state index in [0.717, 1.165) is 37.0 Å². The Morgan fingerprint density at radius 1 is 1.21 bits per heavy atom. The number of hydrogen-bond donors (Lipinski definition) is 2. The Hall–Kier alpha value is -1.22. The molecule has 1 aromatic carbocycles. The largest absolute Gasteiger partial charge is 0.493 e. The Balaban J connectivity index is 0.00000240. The molecular formula is C22H34IN3O3. The van der Waals surface area contributed by atoms with E-state index >= 15 is 0 Å². The van der Waals surface area contributed by atoms with Crippen molar-refractivity contribution in [1.29, 1.82) is 0 Å². The van der Waals surface area contributed by atoms with E-state index in [4.69, 9.17) is 14.2 Å². The fourth-order valence-corrected chi connectivity index (χ4v) is 5.61. The number of nitrogens with zero attached hydrogens (tertiary/aromatic N) is 1. The molecule has 162 valence electrons. The third kappa shape index (κ3) is 4.17. The van der Waals surface area contributed by atoms with Gasteiger partial charge in [-0.25, -0.2) is 0 Å². The van der Waals surface area contributed by atoms with Crippen molar-refractivity contribution in [3.63, 3.8) is 0 Å². The van der Waals surface area contributed by atoms with E-state index in [9.17, 15) is 0 Å². The van der Waals surface area contributed by atoms with Crippen LogP contribution in [0.5, 0.6) is 11.5 Å². The van der Waals surface area contributed by atoms with E-state index in [-0.39, 0.29) is 24.0 Å². The molecule has 7 heteroatoms. The molecule has 29 heavy (non-hydrogen) atoms. The first-order valence-corrected chi connectivity index (χ1v) is 10.5. The Kier molecular flexibility index (Phi) is 7.53. The van der Waals surface area contributed by atoms with Crippen LogP contribution in [0.3, 0.4) is 0 Å². The standard InChI is InChI=1S/C22H33N3O3.HI/c1-23-21(24-12-8-15-6-7-17(26-2)18(14-15)27-3)25-19-16-9-13-28-20(16)22(19)10-4-5-11-22;/h6-7,14,16,19-20H,4-5,8-13H2,1-3H3,(H2,23,24,25);1H. The van der Waals surface area contributed by atoms with Crippen LogP contribution in [0.2, 0.25) is 0 Å². The number of nitrogens with one attached hydrogen (secondary N) is 2. The van der Waals surface area contributed by atoms with Gasteiger partial charge in [-0.1, -0.05) is 18.9 Å². The molecule has 2 saturated carbocycles. The summed E-state index contributed by atoms with van der Waals surface area (Å²) in [6.07, 6.45) is 7.77. The van der Waals surface area contributed by atoms with E-state index in [2.05, 4.69) is 21.7 Å². The Morgan fingerprint density at radius 2 is 1.97 bits per heavy atom. The zero-order chi connectivity index (χ0) is 19.6. The van der Waals surface area contributed by atoms with Gasteiger partial charge in [0.05, 0.1) is 20.3 Å². The molecule has 6 nitrogen and oxygen atoms in total. The van der Waals surface area contributed by atoms with Gasteiger partial charge in [0.2, 0.25) is 0 Å². The molecule has 4 rings (SSSR count). The predicted octanol–water partition coefficient (Wildman–Crippen LogP) is 3.38. The summed E-state index contributed by atoms with van der Waals surface area (Å²) < 4.78 is 16.8. The second-order valence-electron chi connectivity index (χ2n) is 8.24. The summed E-state index contributed by atoms with van der Waals surface area (Å²) in [5, 5.41) is 7.24. The summed E-state index contributed by atoms with van der Waals surface area (Å²) >= 11 is 0. The van der Waals surface area contributed by atoms with Crippen LogP contribution in [0.1, 0.15) is 37.7 Å². The Labute approximate surface area is 191 Å². The first kappa shape index (κ1) is 22.5. The van der Waals surface area contributed by atoms with Gasteiger partial charge in [-0.3, -0.25) is 4.99 Å². The fraction of sp³-hybridized carbons (Fsp3) is 0.682. The number of rotatable bonds is 6. The van der Waals surface area contributed by atoms with Gasteiger partial charge in [0.1, 0.15) is 0 Å². The van der Waals surface area contributed by atoms with Crippen LogP contribution in [0.4, 0.5) is 0 Å². The molecule has 1 saturated heterocycles. The maximum atomic E-state index is 6.09. The predicted molar refractivity (Wildman–Crippen MR) is 126 cm³/mol. The molecule has 2 aliphatic carbocycles. The molecule has 1 aromatic rings. The Morgan fingerprint density at radius 3 is 2.66 bits per heavy atom. The van der Waals surface area contributed by atoms with Crippen molar-refractivity contribution in [3.8, 4) is 11.5 Å². The lowest BCUT2D eigenvalue weighted by Gasteiger charge is -2.57. The summed E-state index contributed by atoms with van der Waals surface area (Å²) in [5.74, 6) is 3.08. The summed E-state index contributed by atoms with van der Waals surface area (Å²) in [7, 11) is 5.18. The zero-order valence-electron chi connectivity index (χ0n) is 17.7. The van der Waals surface area contributed by atoms with Crippen LogP contribution in [0.25, 0.3) is 0 Å². The van der Waals surface area contributed by atoms with Crippen molar-refractivity contribution >= 4 is 29.9 Å². The van der Waals surface area contributed by atoms with Crippen molar-refractivity contribution in [2.24, 2.45) is 16.3 Å². The second-order valence-corrected chi connectivity index (χ2v) is 8.24. The monoisotopic (exact) mass is 515 g/mol. The summed E-state index contributed by atoms with van der Waals surface area (Å²) in [5.41, 5.74) is 1.54. The lowest BCUT2D eigenvalue weighted by atomic mass is 9.54. The molecule has 0 amide bonds. The van der Waals surface area contributed by atoms with Crippen LogP contribution in [0.15, 0.2) is 23.2 Å². The maximum absolute atomic E-state index is 6.09. The van der Waals surface area contributed by atoms with Crippen LogP contribution < -0.4 is 20.1 Å². The summed E-state index contributed by atoms with van der Waals surface area (Å²) in [6.45, 7) is 1.74. The molecular weight excluding hydrogens is 481 g/mol. The van der Waals surface area contributed by atoms with Crippen LogP contribution in [-0.2, 0) is 11.2 Å². The van der Waals surface area contributed by atoms with Crippen molar-refractivity contribution in [2.45, 2.75) is 50.7 Å². The lowest BCUT2D eigenvalue weighted by Crippen LogP contribution is -2.69. The average Bonchev–Trinajstić information content (AvgIpc) is 3.39. The average molecular weight is 515 g/mol. The minimum Gasteiger partial charge on any atom is -0.493 e. The van der Waals surface area contributed by atoms with Gasteiger partial charge in [-0.2, -0.15) is 0 Å². The highest BCUT2D eigenvalue weighted by Crippen LogP contribution is 2.60. The van der Waals surface area contributed by atoms with Gasteiger partial charge in [-0.05, 0) is 43.4 Å². The minimum absolute atomic E-state index is 0. The molecule has 2 N–H and O–H groups in total. The number of methoxy groups -OCH3 is 2. The third-order valence-corrected chi connectivity index (χ3v) is 6.96. The highest BCUT2D eigenvalue weighted by Gasteiger charge is 2.65. The third-order valence-electron chi connectivity index (χ3n) is 6.96. The number of halogens is 1. The highest BCUT2D eigenvalue weighted by molar-refractivity contribution is 14.0. The van der Waals surface area contributed by atoms with E-state index in [0.29, 0.717) is 23.5 Å². The normalized spacial score (nSPS) is 27.0. The van der Waals surface area contributed by atoms with Crippen LogP contribution in [-0.4, -0.2) is 52.5 Å². The summed E-state index contributed by atoms with van der Waals surface area (Å²) in [4.78, 5) is 4.48. The van der Waals surface area contributed by atoms with Gasteiger partial charge >= 0.3 is 0 Å². The smallest absolute Gasteiger partial charge is 0.191 e. The van der Waals surface area contributed by atoms with E-state index in [1.165, 1.54) is 37.7 Å². The van der Waals surface area contributed by atoms with E-state index in [1.807, 2.05) is 19.2 Å². The maximum Gasteiger partial charge on any atom is 0.191 e. The number of benzene rings is 1. The van der Waals surface area contributed by atoms with E-state index in [1.54, 1.807) is 14.2 Å². The van der Waals surface area contributed by atoms with Gasteiger partial charge in [-0.15, -0.1) is 24.0 Å². The molecule has 1 aliphatic heterocycles. The number of aliphatic imine (C=N–C) groups is 1. The van der Waals surface area contributed by atoms with Gasteiger partial charge in [0.15, 0.2) is 17.5 Å². The van der Waals surface area contributed by atoms with Crippen LogP contribution in [0, 0.1) is 11.3 Å². The molecule has 3 fully saturated rings. The fourth-order valence-electron chi connectivity index (χ4n) is 5.61. The molecule has 0 radical (unpaired) electrons. The molecule has 3 unspecified atom stereocenters. The Bertz CT molecular complexity index is 721. The first-order chi connectivity index (χ1) is 13.7. The number of guanidine groups is 1. The van der Waals surface area contributed by atoms with Gasteiger partial charge < -0.3 is 24.8 Å². The molecule has 0 bridgehead atoms. The molecule has 3 atom stereocenters. The quantitative estimate of drug-likeness (QED) is 0.346. The molecule has 1 heterocycles. The minimum atomic E-state index is 0. The highest BCUT2D eigenvalue weighted by atomic mass is 127. The zero-order valence-corrected chi connectivity index (χ0v) is 20.0. The van der Waals surface area contributed by atoms with Crippen molar-refractivity contribution in [1.82, 2.24) is 10.6 Å². The lowest BCUT2D eigenvalue weighted by molar-refractivity contribution is -0.125. The second kappa shape index (κ2) is 9.73. The number of hydrogen-bond acceptors (Lipinski definition) is 4. The first-order valence-electron chi connectivity index (χ1n) is 10.5. The van der Waals surface area contributed by atoms with Crippen LogP contribution >= 0.6 is 24.0 Å². The molecule has 3 aliphatic rings. The SMILES string of the molecule is CN=C(NCCc1ccc(OC)c(OC)c1)NC1C2CCOC2C12CCCC2.I. The summed E-state index contributed by atoms with van der Waals surface area (Å²) in [6, 6.07) is 6.57. The molecule has 0 aromatic heterocycles. The van der Waals surface area contributed by atoms with Crippen molar-refractivity contribution in [2.75, 3.05) is 34.4 Å². The number of ether oxygens (including phenoxy) is 3. The van der Waals surface area contributed by atoms with Crippen molar-refractivity contribution < 1.29 is 14.2 Å². The van der Waals surface area contributed by atoms with Gasteiger partial charge in [0.25, 0.3) is 0 Å². The molecule has 1 spiro atoms. The van der Waals surface area contributed by atoms with Gasteiger partial charge in [0, 0.05) is 37.6 Å². The van der Waals surface area contributed by atoms with E-state index < -0.39 is 0 Å².